The lowest BCUT2D eigenvalue weighted by atomic mass is 9.72. The number of ketones is 1. The molecule has 0 spiro atoms. The van der Waals surface area contributed by atoms with Crippen LogP contribution in [0, 0.1) is 11.3 Å². The van der Waals surface area contributed by atoms with Crippen molar-refractivity contribution in [3.8, 4) is 0 Å². The molecule has 2 atom stereocenters. The summed E-state index contributed by atoms with van der Waals surface area (Å²) in [4.78, 5) is 33.3. The molecule has 0 aromatic heterocycles. The number of Topliss-reactive ketones (excluding diaryl/α,β-unsaturated/α-hetero) is 1. The molecule has 0 bridgehead atoms. The van der Waals surface area contributed by atoms with Gasteiger partial charge in [0.1, 0.15) is 0 Å². The number of carbonyl (C=O) groups excluding carboxylic acids is 2. The molecule has 0 aliphatic heterocycles. The summed E-state index contributed by atoms with van der Waals surface area (Å²) in [6.07, 6.45) is -0.0781. The monoisotopic (exact) mass is 274 g/mol. The predicted octanol–water partition coefficient (Wildman–Crippen LogP) is -0.742. The molecule has 0 aromatic rings. The zero-order valence-corrected chi connectivity index (χ0v) is 11.3. The van der Waals surface area contributed by atoms with Crippen molar-refractivity contribution in [2.24, 2.45) is 22.8 Å². The van der Waals surface area contributed by atoms with Crippen LogP contribution < -0.4 is 11.5 Å². The summed E-state index contributed by atoms with van der Waals surface area (Å²) in [5.41, 5.74) is 9.88. The summed E-state index contributed by atoms with van der Waals surface area (Å²) in [5.74, 6) is -3.00. The van der Waals surface area contributed by atoms with E-state index in [1.54, 1.807) is 13.8 Å². The average molecular weight is 274 g/mol. The van der Waals surface area contributed by atoms with Crippen molar-refractivity contribution in [1.29, 1.82) is 0 Å². The molecule has 1 unspecified atom stereocenters. The van der Waals surface area contributed by atoms with E-state index < -0.39 is 48.1 Å². The smallest absolute Gasteiger partial charge is 0.305 e. The number of rotatable bonds is 9. The van der Waals surface area contributed by atoms with E-state index in [2.05, 4.69) is 0 Å². The fraction of sp³-hybridized carbons (Fsp3) is 0.750. The number of carbonyl (C=O) groups is 3. The Balaban J connectivity index is 4.82. The second-order valence-electron chi connectivity index (χ2n) is 5.30. The molecule has 1 amide bonds. The molecule has 0 rings (SSSR count). The van der Waals surface area contributed by atoms with Gasteiger partial charge in [-0.15, -0.1) is 0 Å². The van der Waals surface area contributed by atoms with Crippen LogP contribution in [-0.4, -0.2) is 40.5 Å². The molecular formula is C12H22N2O5. The van der Waals surface area contributed by atoms with Crippen molar-refractivity contribution >= 4 is 17.7 Å². The van der Waals surface area contributed by atoms with Crippen LogP contribution in [0.3, 0.4) is 0 Å². The standard InChI is InChI=1S/C12H22N2O5/c1-12(2,4-3-9(14)16)7(6-15)11(19)8(13)5-10(17)18/h7-8,15H,3-6,13H2,1-2H3,(H2,14,16)(H,17,18)/t7?,8-/m1/s1. The Hall–Kier alpha value is -1.47. The van der Waals surface area contributed by atoms with Crippen molar-refractivity contribution in [3.63, 3.8) is 0 Å². The van der Waals surface area contributed by atoms with Gasteiger partial charge < -0.3 is 21.7 Å². The van der Waals surface area contributed by atoms with E-state index in [1.165, 1.54) is 0 Å². The van der Waals surface area contributed by atoms with E-state index in [0.29, 0.717) is 6.42 Å². The van der Waals surface area contributed by atoms with Crippen LogP contribution in [-0.2, 0) is 14.4 Å². The summed E-state index contributed by atoms with van der Waals surface area (Å²) in [5, 5.41) is 18.0. The minimum Gasteiger partial charge on any atom is -0.481 e. The van der Waals surface area contributed by atoms with Crippen LogP contribution in [0.4, 0.5) is 0 Å². The number of nitrogens with two attached hydrogens (primary N) is 2. The molecular weight excluding hydrogens is 252 g/mol. The SMILES string of the molecule is CC(C)(CCC(N)=O)C(CO)C(=O)[C@H](N)CC(=O)O. The number of carboxylic acids is 1. The first-order chi connectivity index (χ1) is 8.61. The Labute approximate surface area is 112 Å². The molecule has 7 heteroatoms. The third kappa shape index (κ3) is 5.80. The van der Waals surface area contributed by atoms with E-state index in [4.69, 9.17) is 16.6 Å². The average Bonchev–Trinajstić information content (AvgIpc) is 2.26. The highest BCUT2D eigenvalue weighted by atomic mass is 16.4. The lowest BCUT2D eigenvalue weighted by Crippen LogP contribution is -2.44. The zero-order chi connectivity index (χ0) is 15.2. The Morgan fingerprint density at radius 1 is 1.26 bits per heavy atom. The van der Waals surface area contributed by atoms with Crippen LogP contribution in [0.5, 0.6) is 0 Å². The van der Waals surface area contributed by atoms with Gasteiger partial charge in [0.15, 0.2) is 5.78 Å². The maximum atomic E-state index is 12.0. The van der Waals surface area contributed by atoms with Gasteiger partial charge in [0.25, 0.3) is 0 Å². The van der Waals surface area contributed by atoms with Gasteiger partial charge in [-0.05, 0) is 11.8 Å². The lowest BCUT2D eigenvalue weighted by Gasteiger charge is -2.33. The van der Waals surface area contributed by atoms with Crippen LogP contribution in [0.1, 0.15) is 33.1 Å². The highest BCUT2D eigenvalue weighted by Crippen LogP contribution is 2.33. The van der Waals surface area contributed by atoms with Crippen molar-refractivity contribution in [1.82, 2.24) is 0 Å². The quantitative estimate of drug-likeness (QED) is 0.436. The molecule has 0 aliphatic carbocycles. The Kier molecular flexibility index (Phi) is 6.64. The number of aliphatic hydroxyl groups excluding tert-OH is 1. The second kappa shape index (κ2) is 7.20. The first-order valence-corrected chi connectivity index (χ1v) is 6.02. The Morgan fingerprint density at radius 3 is 2.16 bits per heavy atom. The Bertz CT molecular complexity index is 354. The van der Waals surface area contributed by atoms with Crippen LogP contribution in [0.25, 0.3) is 0 Å². The van der Waals surface area contributed by atoms with Gasteiger partial charge in [-0.1, -0.05) is 13.8 Å². The number of aliphatic hydroxyl groups is 1. The molecule has 0 saturated heterocycles. The first kappa shape index (κ1) is 17.5. The number of hydrogen-bond donors (Lipinski definition) is 4. The van der Waals surface area contributed by atoms with Gasteiger partial charge in [0.2, 0.25) is 5.91 Å². The highest BCUT2D eigenvalue weighted by Gasteiger charge is 2.37. The van der Waals surface area contributed by atoms with Gasteiger partial charge in [-0.3, -0.25) is 14.4 Å². The number of hydrogen-bond acceptors (Lipinski definition) is 5. The van der Waals surface area contributed by atoms with Gasteiger partial charge in [-0.2, -0.15) is 0 Å². The minimum absolute atomic E-state index is 0.0882. The fourth-order valence-electron chi connectivity index (χ4n) is 1.89. The van der Waals surface area contributed by atoms with Gasteiger partial charge in [-0.25, -0.2) is 0 Å². The molecule has 19 heavy (non-hydrogen) atoms. The van der Waals surface area contributed by atoms with Crippen LogP contribution in [0.2, 0.25) is 0 Å². The molecule has 0 fully saturated rings. The Morgan fingerprint density at radius 2 is 1.79 bits per heavy atom. The predicted molar refractivity (Wildman–Crippen MR) is 68.0 cm³/mol. The molecule has 0 radical (unpaired) electrons. The molecule has 110 valence electrons. The normalized spacial score (nSPS) is 14.7. The summed E-state index contributed by atoms with van der Waals surface area (Å²) in [7, 11) is 0. The maximum Gasteiger partial charge on any atom is 0.305 e. The lowest BCUT2D eigenvalue weighted by molar-refractivity contribution is -0.141. The third-order valence-electron chi connectivity index (χ3n) is 3.25. The number of primary amides is 1. The number of amides is 1. The first-order valence-electron chi connectivity index (χ1n) is 6.02. The minimum atomic E-state index is -1.17. The molecule has 6 N–H and O–H groups in total. The fourth-order valence-corrected chi connectivity index (χ4v) is 1.89. The summed E-state index contributed by atoms with van der Waals surface area (Å²) >= 11 is 0. The van der Waals surface area contributed by atoms with Crippen LogP contribution in [0.15, 0.2) is 0 Å². The molecule has 0 aromatic carbocycles. The third-order valence-corrected chi connectivity index (χ3v) is 3.25. The van der Waals surface area contributed by atoms with E-state index in [9.17, 15) is 19.5 Å². The van der Waals surface area contributed by atoms with Gasteiger partial charge in [0, 0.05) is 12.3 Å². The van der Waals surface area contributed by atoms with Crippen molar-refractivity contribution in [2.75, 3.05) is 6.61 Å². The molecule has 0 heterocycles. The van der Waals surface area contributed by atoms with Crippen molar-refractivity contribution in [3.05, 3.63) is 0 Å². The largest absolute Gasteiger partial charge is 0.481 e. The van der Waals surface area contributed by atoms with Crippen molar-refractivity contribution < 1.29 is 24.6 Å². The number of carboxylic acid groups (broad SMARTS) is 1. The topological polar surface area (TPSA) is 144 Å². The van der Waals surface area contributed by atoms with E-state index in [0.717, 1.165) is 0 Å². The van der Waals surface area contributed by atoms with Crippen molar-refractivity contribution in [2.45, 2.75) is 39.2 Å². The molecule has 0 aliphatic rings. The molecule has 7 nitrogen and oxygen atoms in total. The van der Waals surface area contributed by atoms with Gasteiger partial charge >= 0.3 is 5.97 Å². The van der Waals surface area contributed by atoms with E-state index in [1.807, 2.05) is 0 Å². The summed E-state index contributed by atoms with van der Waals surface area (Å²) in [6.45, 7) is 2.97. The van der Waals surface area contributed by atoms with E-state index in [-0.39, 0.29) is 6.42 Å². The molecule has 0 saturated carbocycles. The maximum absolute atomic E-state index is 12.0. The number of aliphatic carboxylic acids is 1. The highest BCUT2D eigenvalue weighted by molar-refractivity contribution is 5.90. The van der Waals surface area contributed by atoms with Gasteiger partial charge in [0.05, 0.1) is 19.1 Å². The zero-order valence-electron chi connectivity index (χ0n) is 11.3. The second-order valence-corrected chi connectivity index (χ2v) is 5.30. The van der Waals surface area contributed by atoms with E-state index >= 15 is 0 Å². The summed E-state index contributed by atoms with van der Waals surface area (Å²) in [6, 6.07) is -1.16. The summed E-state index contributed by atoms with van der Waals surface area (Å²) < 4.78 is 0. The van der Waals surface area contributed by atoms with Crippen LogP contribution >= 0.6 is 0 Å².